The molecule has 5 rings (SSSR count). The van der Waals surface area contributed by atoms with Crippen molar-refractivity contribution >= 4 is 33.3 Å². The number of para-hydroxylation sites is 1. The second-order valence-electron chi connectivity index (χ2n) is 7.05. The van der Waals surface area contributed by atoms with Crippen molar-refractivity contribution in [2.24, 2.45) is 0 Å². The Labute approximate surface area is 176 Å². The summed E-state index contributed by atoms with van der Waals surface area (Å²) in [6, 6.07) is 9.71. The van der Waals surface area contributed by atoms with E-state index in [2.05, 4.69) is 17.1 Å². The summed E-state index contributed by atoms with van der Waals surface area (Å²) >= 11 is 3.12. The quantitative estimate of drug-likeness (QED) is 0.334. The fraction of sp³-hybridized carbons (Fsp3) is 0.333. The minimum absolute atomic E-state index is 0.0142. The molecule has 0 saturated heterocycles. The molecule has 0 saturated carbocycles. The molecule has 0 bridgehead atoms. The van der Waals surface area contributed by atoms with Crippen LogP contribution in [0, 0.1) is 0 Å². The van der Waals surface area contributed by atoms with E-state index in [4.69, 9.17) is 9.51 Å². The summed E-state index contributed by atoms with van der Waals surface area (Å²) in [7, 11) is 0. The molecule has 8 heteroatoms. The van der Waals surface area contributed by atoms with E-state index in [-0.39, 0.29) is 5.56 Å². The van der Waals surface area contributed by atoms with Crippen LogP contribution in [0.15, 0.2) is 44.8 Å². The van der Waals surface area contributed by atoms with Crippen molar-refractivity contribution < 1.29 is 4.52 Å². The van der Waals surface area contributed by atoms with E-state index in [9.17, 15) is 4.79 Å². The number of hydrogen-bond acceptors (Lipinski definition) is 7. The molecule has 0 spiro atoms. The molecule has 148 valence electrons. The highest BCUT2D eigenvalue weighted by Crippen LogP contribution is 2.36. The molecule has 0 radical (unpaired) electrons. The topological polar surface area (TPSA) is 73.8 Å². The molecular weight excluding hydrogens is 404 g/mol. The highest BCUT2D eigenvalue weighted by atomic mass is 32.2. The van der Waals surface area contributed by atoms with Crippen molar-refractivity contribution in [3.63, 3.8) is 0 Å². The van der Waals surface area contributed by atoms with E-state index in [0.717, 1.165) is 53.8 Å². The van der Waals surface area contributed by atoms with Crippen LogP contribution in [-0.2, 0) is 25.0 Å². The van der Waals surface area contributed by atoms with Crippen LogP contribution >= 0.6 is 23.1 Å². The Kier molecular flexibility index (Phi) is 4.97. The molecule has 0 atom stereocenters. The van der Waals surface area contributed by atoms with Crippen LogP contribution in [-0.4, -0.2) is 19.7 Å². The predicted molar refractivity (Wildman–Crippen MR) is 115 cm³/mol. The van der Waals surface area contributed by atoms with Crippen LogP contribution in [0.5, 0.6) is 0 Å². The number of fused-ring (bicyclic) bond motifs is 3. The molecule has 0 aliphatic heterocycles. The number of aryl methyl sites for hydroxylation is 3. The summed E-state index contributed by atoms with van der Waals surface area (Å²) < 4.78 is 7.08. The van der Waals surface area contributed by atoms with Crippen molar-refractivity contribution in [2.45, 2.75) is 49.9 Å². The van der Waals surface area contributed by atoms with Crippen molar-refractivity contribution in [3.8, 4) is 5.69 Å². The number of rotatable bonds is 6. The second kappa shape index (κ2) is 7.76. The van der Waals surface area contributed by atoms with Crippen LogP contribution < -0.4 is 5.56 Å². The summed E-state index contributed by atoms with van der Waals surface area (Å²) in [6.07, 6.45) is 4.91. The zero-order valence-electron chi connectivity index (χ0n) is 16.1. The van der Waals surface area contributed by atoms with Gasteiger partial charge in [0.25, 0.3) is 5.56 Å². The molecular formula is C21H20N4O2S2. The van der Waals surface area contributed by atoms with Crippen molar-refractivity contribution in [3.05, 3.63) is 62.8 Å². The molecule has 1 aliphatic carbocycles. The third-order valence-electron chi connectivity index (χ3n) is 5.03. The van der Waals surface area contributed by atoms with Crippen LogP contribution in [0.3, 0.4) is 0 Å². The number of thiophene rings is 1. The molecule has 0 unspecified atom stereocenters. The third-order valence-corrected chi connectivity index (χ3v) is 7.14. The van der Waals surface area contributed by atoms with E-state index in [1.54, 1.807) is 15.9 Å². The van der Waals surface area contributed by atoms with Gasteiger partial charge in [0.2, 0.25) is 5.89 Å². The van der Waals surface area contributed by atoms with Crippen molar-refractivity contribution in [1.82, 2.24) is 19.7 Å². The normalized spacial score (nSPS) is 13.3. The number of thioether (sulfide) groups is 1. The molecule has 1 aromatic carbocycles. The van der Waals surface area contributed by atoms with Crippen LogP contribution in [0.1, 0.15) is 41.9 Å². The Morgan fingerprint density at radius 3 is 2.90 bits per heavy atom. The standard InChI is InChI=1S/C21H20N4O2S2/c1-2-7-16-22-17(27-24-16)12-28-21-23-19-18(14-10-6-11-15(14)29-19)20(26)25(21)13-8-4-3-5-9-13/h3-5,8-9H,2,6-7,10-12H2,1H3. The fourth-order valence-electron chi connectivity index (χ4n) is 3.73. The Balaban J connectivity index is 1.58. The zero-order valence-corrected chi connectivity index (χ0v) is 17.7. The average Bonchev–Trinajstić information content (AvgIpc) is 3.43. The molecule has 0 N–H and O–H groups in total. The van der Waals surface area contributed by atoms with Gasteiger partial charge >= 0.3 is 0 Å². The number of nitrogens with zero attached hydrogens (tertiary/aromatic N) is 4. The van der Waals surface area contributed by atoms with Gasteiger partial charge in [-0.3, -0.25) is 9.36 Å². The van der Waals surface area contributed by atoms with Gasteiger partial charge in [-0.2, -0.15) is 4.98 Å². The Hall–Kier alpha value is -2.45. The highest BCUT2D eigenvalue weighted by molar-refractivity contribution is 7.98. The van der Waals surface area contributed by atoms with Crippen molar-refractivity contribution in [2.75, 3.05) is 0 Å². The molecule has 0 fully saturated rings. The lowest BCUT2D eigenvalue weighted by molar-refractivity contribution is 0.384. The molecule has 4 aromatic rings. The summed E-state index contributed by atoms with van der Waals surface area (Å²) in [5, 5.41) is 5.46. The van der Waals surface area contributed by atoms with Gasteiger partial charge in [-0.05, 0) is 43.4 Å². The Morgan fingerprint density at radius 2 is 2.07 bits per heavy atom. The predicted octanol–water partition coefficient (Wildman–Crippen LogP) is 4.56. The van der Waals surface area contributed by atoms with E-state index in [0.29, 0.717) is 16.8 Å². The molecule has 3 heterocycles. The first-order valence-electron chi connectivity index (χ1n) is 9.81. The summed E-state index contributed by atoms with van der Waals surface area (Å²) in [6.45, 7) is 2.08. The Morgan fingerprint density at radius 1 is 1.21 bits per heavy atom. The average molecular weight is 425 g/mol. The van der Waals surface area contributed by atoms with E-state index in [1.165, 1.54) is 22.2 Å². The van der Waals surface area contributed by atoms with E-state index < -0.39 is 0 Å². The minimum Gasteiger partial charge on any atom is -0.338 e. The lowest BCUT2D eigenvalue weighted by atomic mass is 10.2. The van der Waals surface area contributed by atoms with Gasteiger partial charge in [-0.25, -0.2) is 4.98 Å². The lowest BCUT2D eigenvalue weighted by Gasteiger charge is -2.11. The molecule has 0 amide bonds. The second-order valence-corrected chi connectivity index (χ2v) is 9.08. The molecule has 1 aliphatic rings. The first kappa shape index (κ1) is 18.6. The maximum atomic E-state index is 13.5. The van der Waals surface area contributed by atoms with Gasteiger partial charge in [0.15, 0.2) is 11.0 Å². The van der Waals surface area contributed by atoms with Crippen LogP contribution in [0.25, 0.3) is 15.9 Å². The smallest absolute Gasteiger partial charge is 0.267 e. The van der Waals surface area contributed by atoms with E-state index in [1.807, 2.05) is 30.3 Å². The first-order valence-corrected chi connectivity index (χ1v) is 11.6. The maximum absolute atomic E-state index is 13.5. The number of hydrogen-bond donors (Lipinski definition) is 0. The Bertz CT molecular complexity index is 1230. The van der Waals surface area contributed by atoms with Crippen LogP contribution in [0.2, 0.25) is 0 Å². The largest absolute Gasteiger partial charge is 0.338 e. The van der Waals surface area contributed by atoms with Gasteiger partial charge in [-0.15, -0.1) is 11.3 Å². The van der Waals surface area contributed by atoms with Gasteiger partial charge in [0.05, 0.1) is 16.8 Å². The maximum Gasteiger partial charge on any atom is 0.267 e. The monoisotopic (exact) mass is 424 g/mol. The first-order chi connectivity index (χ1) is 14.2. The highest BCUT2D eigenvalue weighted by Gasteiger charge is 2.24. The summed E-state index contributed by atoms with van der Waals surface area (Å²) in [5.74, 6) is 1.76. The fourth-order valence-corrected chi connectivity index (χ4v) is 5.88. The molecule has 3 aromatic heterocycles. The van der Waals surface area contributed by atoms with Crippen LogP contribution in [0.4, 0.5) is 0 Å². The third kappa shape index (κ3) is 3.40. The van der Waals surface area contributed by atoms with E-state index >= 15 is 0 Å². The van der Waals surface area contributed by atoms with Gasteiger partial charge < -0.3 is 4.52 Å². The summed E-state index contributed by atoms with van der Waals surface area (Å²) in [5.41, 5.74) is 2.04. The molecule has 29 heavy (non-hydrogen) atoms. The SMILES string of the molecule is CCCc1noc(CSc2nc3sc4c(c3c(=O)n2-c2ccccc2)CCC4)n1. The minimum atomic E-state index is 0.0142. The zero-order chi connectivity index (χ0) is 19.8. The summed E-state index contributed by atoms with van der Waals surface area (Å²) in [4.78, 5) is 25.0. The lowest BCUT2D eigenvalue weighted by Crippen LogP contribution is -2.21. The van der Waals surface area contributed by atoms with Gasteiger partial charge in [0.1, 0.15) is 4.83 Å². The van der Waals surface area contributed by atoms with Gasteiger partial charge in [0, 0.05) is 11.3 Å². The van der Waals surface area contributed by atoms with Gasteiger partial charge in [-0.1, -0.05) is 42.0 Å². The number of benzene rings is 1. The molecule has 6 nitrogen and oxygen atoms in total. The van der Waals surface area contributed by atoms with Crippen molar-refractivity contribution in [1.29, 1.82) is 0 Å². The number of aromatic nitrogens is 4.